The first-order chi connectivity index (χ1) is 9.70. The van der Waals surface area contributed by atoms with Crippen LogP contribution in [0.1, 0.15) is 23.3 Å². The standard InChI is InChI=1S/C11H13N5O4/c1-2-19-11(18)10-13-14-15-16(10)7-9(17)12-6-8-4-3-5-20-8/h3-5H,2,6-7H2,1H3,(H,12,17). The lowest BCUT2D eigenvalue weighted by Gasteiger charge is -2.05. The van der Waals surface area contributed by atoms with Crippen molar-refractivity contribution >= 4 is 11.9 Å². The summed E-state index contributed by atoms with van der Waals surface area (Å²) < 4.78 is 10.9. The van der Waals surface area contributed by atoms with Crippen molar-refractivity contribution in [1.82, 2.24) is 25.5 Å². The van der Waals surface area contributed by atoms with Crippen LogP contribution < -0.4 is 5.32 Å². The Bertz CT molecular complexity index is 577. The quantitative estimate of drug-likeness (QED) is 0.726. The van der Waals surface area contributed by atoms with E-state index in [2.05, 4.69) is 20.8 Å². The molecule has 0 aliphatic heterocycles. The van der Waals surface area contributed by atoms with Crippen molar-refractivity contribution in [2.24, 2.45) is 0 Å². The van der Waals surface area contributed by atoms with E-state index >= 15 is 0 Å². The summed E-state index contributed by atoms with van der Waals surface area (Å²) in [6, 6.07) is 3.46. The number of hydrogen-bond donors (Lipinski definition) is 1. The van der Waals surface area contributed by atoms with Gasteiger partial charge in [0.15, 0.2) is 0 Å². The molecule has 0 atom stereocenters. The molecule has 2 rings (SSSR count). The maximum absolute atomic E-state index is 11.7. The Hall–Kier alpha value is -2.71. The topological polar surface area (TPSA) is 112 Å². The zero-order valence-electron chi connectivity index (χ0n) is 10.8. The summed E-state index contributed by atoms with van der Waals surface area (Å²) >= 11 is 0. The highest BCUT2D eigenvalue weighted by Gasteiger charge is 2.18. The van der Waals surface area contributed by atoms with E-state index in [1.165, 1.54) is 6.26 Å². The third kappa shape index (κ3) is 3.40. The Morgan fingerprint density at radius 2 is 2.35 bits per heavy atom. The molecule has 20 heavy (non-hydrogen) atoms. The SMILES string of the molecule is CCOC(=O)c1nnnn1CC(=O)NCc1ccco1. The zero-order chi connectivity index (χ0) is 14.4. The molecular weight excluding hydrogens is 266 g/mol. The number of tetrazole rings is 1. The van der Waals surface area contributed by atoms with Crippen LogP contribution in [0.15, 0.2) is 22.8 Å². The molecule has 2 heterocycles. The molecular formula is C11H13N5O4. The molecule has 1 N–H and O–H groups in total. The van der Waals surface area contributed by atoms with Crippen LogP contribution in [0.5, 0.6) is 0 Å². The van der Waals surface area contributed by atoms with Gasteiger partial charge in [0, 0.05) is 0 Å². The van der Waals surface area contributed by atoms with Gasteiger partial charge in [0.05, 0.1) is 19.4 Å². The minimum Gasteiger partial charge on any atom is -0.467 e. The second-order valence-electron chi connectivity index (χ2n) is 3.74. The minimum atomic E-state index is -0.670. The lowest BCUT2D eigenvalue weighted by molar-refractivity contribution is -0.122. The molecule has 2 aromatic rings. The van der Waals surface area contributed by atoms with Crippen LogP contribution in [-0.4, -0.2) is 38.7 Å². The van der Waals surface area contributed by atoms with Gasteiger partial charge in [0.2, 0.25) is 5.91 Å². The fourth-order valence-electron chi connectivity index (χ4n) is 1.44. The van der Waals surface area contributed by atoms with Gasteiger partial charge in [-0.1, -0.05) is 0 Å². The van der Waals surface area contributed by atoms with Gasteiger partial charge < -0.3 is 14.5 Å². The van der Waals surface area contributed by atoms with E-state index < -0.39 is 5.97 Å². The minimum absolute atomic E-state index is 0.111. The number of esters is 1. The number of amides is 1. The first-order valence-electron chi connectivity index (χ1n) is 5.93. The number of nitrogens with one attached hydrogen (secondary N) is 1. The van der Waals surface area contributed by atoms with Crippen LogP contribution in [0.4, 0.5) is 0 Å². The monoisotopic (exact) mass is 279 g/mol. The highest BCUT2D eigenvalue weighted by molar-refractivity contribution is 5.86. The van der Waals surface area contributed by atoms with Crippen molar-refractivity contribution in [3.05, 3.63) is 30.0 Å². The molecule has 0 unspecified atom stereocenters. The molecule has 1 amide bonds. The zero-order valence-corrected chi connectivity index (χ0v) is 10.8. The van der Waals surface area contributed by atoms with Gasteiger partial charge in [-0.2, -0.15) is 0 Å². The van der Waals surface area contributed by atoms with E-state index in [4.69, 9.17) is 9.15 Å². The molecule has 0 aliphatic rings. The number of ether oxygens (including phenoxy) is 1. The van der Waals surface area contributed by atoms with Crippen LogP contribution in [0, 0.1) is 0 Å². The number of nitrogens with zero attached hydrogens (tertiary/aromatic N) is 4. The summed E-state index contributed by atoms with van der Waals surface area (Å²) in [7, 11) is 0. The van der Waals surface area contributed by atoms with Crippen molar-refractivity contribution in [1.29, 1.82) is 0 Å². The molecule has 0 aliphatic carbocycles. The summed E-state index contributed by atoms with van der Waals surface area (Å²) in [5.74, 6) is -0.503. The summed E-state index contributed by atoms with van der Waals surface area (Å²) in [5, 5.41) is 13.1. The van der Waals surface area contributed by atoms with E-state index in [1.807, 2.05) is 0 Å². The van der Waals surface area contributed by atoms with Crippen molar-refractivity contribution in [3.63, 3.8) is 0 Å². The van der Waals surface area contributed by atoms with Gasteiger partial charge in [0.25, 0.3) is 5.82 Å². The molecule has 9 heteroatoms. The number of furan rings is 1. The van der Waals surface area contributed by atoms with Crippen molar-refractivity contribution in [2.75, 3.05) is 6.61 Å². The van der Waals surface area contributed by atoms with Gasteiger partial charge in [-0.15, -0.1) is 5.10 Å². The second-order valence-corrected chi connectivity index (χ2v) is 3.74. The van der Waals surface area contributed by atoms with E-state index in [9.17, 15) is 9.59 Å². The summed E-state index contributed by atoms with van der Waals surface area (Å²) in [6.45, 7) is 1.95. The molecule has 0 saturated carbocycles. The van der Waals surface area contributed by atoms with E-state index in [0.717, 1.165) is 4.68 Å². The van der Waals surface area contributed by atoms with Crippen LogP contribution >= 0.6 is 0 Å². The molecule has 0 spiro atoms. The molecule has 106 valence electrons. The number of carbonyl (C=O) groups excluding carboxylic acids is 2. The maximum Gasteiger partial charge on any atom is 0.378 e. The lowest BCUT2D eigenvalue weighted by Crippen LogP contribution is -2.29. The van der Waals surface area contributed by atoms with Gasteiger partial charge in [-0.05, 0) is 29.5 Å². The summed E-state index contributed by atoms with van der Waals surface area (Å²) in [5.41, 5.74) is 0. The molecule has 0 fully saturated rings. The summed E-state index contributed by atoms with van der Waals surface area (Å²) in [6.07, 6.45) is 1.52. The molecule has 9 nitrogen and oxygen atoms in total. The largest absolute Gasteiger partial charge is 0.467 e. The molecule has 0 bridgehead atoms. The average molecular weight is 279 g/mol. The van der Waals surface area contributed by atoms with E-state index in [1.54, 1.807) is 19.1 Å². The number of carbonyl (C=O) groups is 2. The normalized spacial score (nSPS) is 10.2. The Balaban J connectivity index is 1.91. The second kappa shape index (κ2) is 6.45. The third-order valence-corrected chi connectivity index (χ3v) is 2.32. The van der Waals surface area contributed by atoms with Crippen molar-refractivity contribution < 1.29 is 18.7 Å². The first-order valence-corrected chi connectivity index (χ1v) is 5.93. The molecule has 0 aromatic carbocycles. The maximum atomic E-state index is 11.7. The summed E-state index contributed by atoms with van der Waals surface area (Å²) in [4.78, 5) is 23.2. The van der Waals surface area contributed by atoms with Gasteiger partial charge in [0.1, 0.15) is 12.3 Å². The van der Waals surface area contributed by atoms with Crippen molar-refractivity contribution in [2.45, 2.75) is 20.0 Å². The predicted octanol–water partition coefficient (Wildman–Crippen LogP) is -0.241. The average Bonchev–Trinajstić information content (AvgIpc) is 3.07. The fourth-order valence-corrected chi connectivity index (χ4v) is 1.44. The van der Waals surface area contributed by atoms with Crippen LogP contribution in [0.3, 0.4) is 0 Å². The van der Waals surface area contributed by atoms with Gasteiger partial charge >= 0.3 is 5.97 Å². The molecule has 0 radical (unpaired) electrons. The number of aromatic nitrogens is 4. The fraction of sp³-hybridized carbons (Fsp3) is 0.364. The van der Waals surface area contributed by atoms with E-state index in [-0.39, 0.29) is 31.4 Å². The predicted molar refractivity (Wildman–Crippen MR) is 64.3 cm³/mol. The van der Waals surface area contributed by atoms with E-state index in [0.29, 0.717) is 5.76 Å². The smallest absolute Gasteiger partial charge is 0.378 e. The number of rotatable bonds is 6. The Morgan fingerprint density at radius 3 is 3.05 bits per heavy atom. The van der Waals surface area contributed by atoms with Crippen LogP contribution in [0.2, 0.25) is 0 Å². The van der Waals surface area contributed by atoms with Gasteiger partial charge in [-0.25, -0.2) is 9.48 Å². The molecule has 0 saturated heterocycles. The first kappa shape index (κ1) is 13.7. The highest BCUT2D eigenvalue weighted by atomic mass is 16.5. The lowest BCUT2D eigenvalue weighted by atomic mass is 10.4. The third-order valence-electron chi connectivity index (χ3n) is 2.32. The highest BCUT2D eigenvalue weighted by Crippen LogP contribution is 1.99. The van der Waals surface area contributed by atoms with Crippen molar-refractivity contribution in [3.8, 4) is 0 Å². The van der Waals surface area contributed by atoms with Gasteiger partial charge in [-0.3, -0.25) is 4.79 Å². The Kier molecular flexibility index (Phi) is 4.43. The number of hydrogen-bond acceptors (Lipinski definition) is 7. The van der Waals surface area contributed by atoms with Crippen LogP contribution in [-0.2, 0) is 22.6 Å². The Labute approximate surface area is 113 Å². The molecule has 2 aromatic heterocycles. The Morgan fingerprint density at radius 1 is 1.50 bits per heavy atom. The van der Waals surface area contributed by atoms with Crippen LogP contribution in [0.25, 0.3) is 0 Å².